The summed E-state index contributed by atoms with van der Waals surface area (Å²) >= 11 is 0. The van der Waals surface area contributed by atoms with Gasteiger partial charge in [0.05, 0.1) is 0 Å². The molecule has 136 valence electrons. The average Bonchev–Trinajstić information content (AvgIpc) is 3.47. The number of ether oxygens (including phenoxy) is 1. The molecule has 5 heteroatoms. The Morgan fingerprint density at radius 1 is 1.08 bits per heavy atom. The van der Waals surface area contributed by atoms with Crippen molar-refractivity contribution in [2.45, 2.75) is 32.7 Å². The summed E-state index contributed by atoms with van der Waals surface area (Å²) in [6.45, 7) is 3.91. The number of benzene rings is 2. The fourth-order valence-electron chi connectivity index (χ4n) is 2.76. The van der Waals surface area contributed by atoms with E-state index < -0.39 is 0 Å². The predicted molar refractivity (Wildman–Crippen MR) is 102 cm³/mol. The zero-order valence-electron chi connectivity index (χ0n) is 15.1. The number of nitrogens with one attached hydrogen (secondary N) is 1. The van der Waals surface area contributed by atoms with E-state index in [1.165, 1.54) is 0 Å². The van der Waals surface area contributed by atoms with Gasteiger partial charge in [-0.25, -0.2) is 0 Å². The summed E-state index contributed by atoms with van der Waals surface area (Å²) in [6, 6.07) is 16.7. The van der Waals surface area contributed by atoms with Gasteiger partial charge in [-0.3, -0.25) is 9.59 Å². The van der Waals surface area contributed by atoms with Gasteiger partial charge in [-0.05, 0) is 63.1 Å². The van der Waals surface area contributed by atoms with Crippen molar-refractivity contribution in [3.05, 3.63) is 54.6 Å². The fourth-order valence-corrected chi connectivity index (χ4v) is 2.76. The molecule has 26 heavy (non-hydrogen) atoms. The van der Waals surface area contributed by atoms with Gasteiger partial charge < -0.3 is 15.0 Å². The number of anilines is 2. The minimum Gasteiger partial charge on any atom is -0.484 e. The van der Waals surface area contributed by atoms with Crippen molar-refractivity contribution in [1.29, 1.82) is 0 Å². The van der Waals surface area contributed by atoms with Gasteiger partial charge in [-0.2, -0.15) is 0 Å². The molecule has 2 aromatic carbocycles. The number of rotatable bonds is 7. The van der Waals surface area contributed by atoms with Crippen molar-refractivity contribution in [3.8, 4) is 5.75 Å². The number of hydrogen-bond acceptors (Lipinski definition) is 3. The molecule has 0 aromatic heterocycles. The Labute approximate surface area is 154 Å². The van der Waals surface area contributed by atoms with Gasteiger partial charge >= 0.3 is 0 Å². The highest BCUT2D eigenvalue weighted by Crippen LogP contribution is 2.30. The molecule has 0 unspecified atom stereocenters. The first-order valence-corrected chi connectivity index (χ1v) is 8.95. The van der Waals surface area contributed by atoms with Crippen molar-refractivity contribution in [2.75, 3.05) is 16.8 Å². The molecule has 1 aliphatic rings. The fraction of sp³-hybridized carbons (Fsp3) is 0.333. The van der Waals surface area contributed by atoms with Crippen LogP contribution in [0, 0.1) is 5.92 Å². The van der Waals surface area contributed by atoms with E-state index in [0.717, 1.165) is 24.2 Å². The normalized spacial score (nSPS) is 13.3. The highest BCUT2D eigenvalue weighted by atomic mass is 16.5. The first-order valence-electron chi connectivity index (χ1n) is 8.95. The number of carbonyl (C=O) groups excluding carboxylic acids is 2. The minimum atomic E-state index is -0.0997. The summed E-state index contributed by atoms with van der Waals surface area (Å²) < 4.78 is 5.64. The number of hydrogen-bond donors (Lipinski definition) is 1. The van der Waals surface area contributed by atoms with Crippen LogP contribution in [0.5, 0.6) is 5.75 Å². The Kier molecular flexibility index (Phi) is 5.56. The standard InChI is InChI=1S/C21H24N2O3/c1-15(2)23(18-6-4-3-5-7-18)20(24)14-26-19-12-10-17(11-13-19)22-21(25)16-8-9-16/h3-7,10-13,15-16H,8-9,14H2,1-2H3,(H,22,25). The van der Waals surface area contributed by atoms with Gasteiger partial charge in [-0.15, -0.1) is 0 Å². The van der Waals surface area contributed by atoms with Crippen molar-refractivity contribution >= 4 is 23.2 Å². The van der Waals surface area contributed by atoms with Crippen LogP contribution in [-0.2, 0) is 9.59 Å². The lowest BCUT2D eigenvalue weighted by atomic mass is 10.2. The number of carbonyl (C=O) groups is 2. The van der Waals surface area contributed by atoms with E-state index in [1.54, 1.807) is 29.2 Å². The van der Waals surface area contributed by atoms with E-state index in [-0.39, 0.29) is 30.4 Å². The second kappa shape index (κ2) is 8.04. The van der Waals surface area contributed by atoms with Crippen LogP contribution in [0.1, 0.15) is 26.7 Å². The van der Waals surface area contributed by atoms with Gasteiger partial charge in [0.1, 0.15) is 5.75 Å². The molecule has 0 heterocycles. The molecule has 1 N–H and O–H groups in total. The molecule has 0 bridgehead atoms. The van der Waals surface area contributed by atoms with E-state index in [0.29, 0.717) is 5.75 Å². The highest BCUT2D eigenvalue weighted by molar-refractivity contribution is 5.95. The zero-order valence-corrected chi connectivity index (χ0v) is 15.1. The van der Waals surface area contributed by atoms with Crippen LogP contribution in [-0.4, -0.2) is 24.5 Å². The second-order valence-corrected chi connectivity index (χ2v) is 6.77. The van der Waals surface area contributed by atoms with Gasteiger partial charge in [0, 0.05) is 23.3 Å². The maximum atomic E-state index is 12.6. The SMILES string of the molecule is CC(C)N(C(=O)COc1ccc(NC(=O)C2CC2)cc1)c1ccccc1. The maximum Gasteiger partial charge on any atom is 0.265 e. The predicted octanol–water partition coefficient (Wildman–Crippen LogP) is 3.86. The van der Waals surface area contributed by atoms with E-state index in [9.17, 15) is 9.59 Å². The molecular formula is C21H24N2O3. The third-order valence-electron chi connectivity index (χ3n) is 4.25. The lowest BCUT2D eigenvalue weighted by molar-refractivity contribution is -0.121. The molecule has 0 saturated heterocycles. The van der Waals surface area contributed by atoms with E-state index >= 15 is 0 Å². The molecule has 1 saturated carbocycles. The van der Waals surface area contributed by atoms with Gasteiger partial charge in [0.15, 0.2) is 6.61 Å². The van der Waals surface area contributed by atoms with Gasteiger partial charge in [0.2, 0.25) is 5.91 Å². The quantitative estimate of drug-likeness (QED) is 0.823. The Morgan fingerprint density at radius 2 is 1.73 bits per heavy atom. The Morgan fingerprint density at radius 3 is 2.31 bits per heavy atom. The highest BCUT2D eigenvalue weighted by Gasteiger charge is 2.29. The Bertz CT molecular complexity index is 753. The molecule has 2 aromatic rings. The number of nitrogens with zero attached hydrogens (tertiary/aromatic N) is 1. The van der Waals surface area contributed by atoms with E-state index in [2.05, 4.69) is 5.32 Å². The van der Waals surface area contributed by atoms with Crippen molar-refractivity contribution in [3.63, 3.8) is 0 Å². The van der Waals surface area contributed by atoms with Crippen LogP contribution < -0.4 is 15.0 Å². The molecule has 0 spiro atoms. The average molecular weight is 352 g/mol. The molecule has 5 nitrogen and oxygen atoms in total. The second-order valence-electron chi connectivity index (χ2n) is 6.77. The summed E-state index contributed by atoms with van der Waals surface area (Å²) in [6.07, 6.45) is 1.95. The monoisotopic (exact) mass is 352 g/mol. The molecular weight excluding hydrogens is 328 g/mol. The Hall–Kier alpha value is -2.82. The van der Waals surface area contributed by atoms with Gasteiger partial charge in [0.25, 0.3) is 5.91 Å². The first kappa shape index (κ1) is 18.0. The molecule has 1 aliphatic carbocycles. The maximum absolute atomic E-state index is 12.6. The van der Waals surface area contributed by atoms with Crippen molar-refractivity contribution in [1.82, 2.24) is 0 Å². The molecule has 1 fully saturated rings. The summed E-state index contributed by atoms with van der Waals surface area (Å²) in [5, 5.41) is 2.88. The molecule has 0 aliphatic heterocycles. The third kappa shape index (κ3) is 4.63. The molecule has 0 atom stereocenters. The van der Waals surface area contributed by atoms with Crippen molar-refractivity contribution < 1.29 is 14.3 Å². The van der Waals surface area contributed by atoms with Crippen LogP contribution in [0.2, 0.25) is 0 Å². The van der Waals surface area contributed by atoms with Crippen LogP contribution >= 0.6 is 0 Å². The van der Waals surface area contributed by atoms with Crippen LogP contribution in [0.25, 0.3) is 0 Å². The van der Waals surface area contributed by atoms with Crippen molar-refractivity contribution in [2.24, 2.45) is 5.92 Å². The summed E-state index contributed by atoms with van der Waals surface area (Å²) in [4.78, 5) is 26.1. The molecule has 2 amide bonds. The smallest absolute Gasteiger partial charge is 0.265 e. The summed E-state index contributed by atoms with van der Waals surface area (Å²) in [7, 11) is 0. The first-order chi connectivity index (χ1) is 12.5. The third-order valence-corrected chi connectivity index (χ3v) is 4.25. The lowest BCUT2D eigenvalue weighted by Gasteiger charge is -2.26. The largest absolute Gasteiger partial charge is 0.484 e. The summed E-state index contributed by atoms with van der Waals surface area (Å²) in [5.41, 5.74) is 1.60. The minimum absolute atomic E-state index is 0.0357. The zero-order chi connectivity index (χ0) is 18.5. The van der Waals surface area contributed by atoms with Crippen LogP contribution in [0.3, 0.4) is 0 Å². The molecule has 3 rings (SSSR count). The van der Waals surface area contributed by atoms with Crippen LogP contribution in [0.4, 0.5) is 11.4 Å². The number of amides is 2. The van der Waals surface area contributed by atoms with E-state index in [4.69, 9.17) is 4.74 Å². The summed E-state index contributed by atoms with van der Waals surface area (Å²) in [5.74, 6) is 0.740. The van der Waals surface area contributed by atoms with Crippen LogP contribution in [0.15, 0.2) is 54.6 Å². The molecule has 0 radical (unpaired) electrons. The Balaban J connectivity index is 1.57. The lowest BCUT2D eigenvalue weighted by Crippen LogP contribution is -2.40. The van der Waals surface area contributed by atoms with E-state index in [1.807, 2.05) is 44.2 Å². The van der Waals surface area contributed by atoms with Gasteiger partial charge in [-0.1, -0.05) is 18.2 Å². The number of para-hydroxylation sites is 1. The topological polar surface area (TPSA) is 58.6 Å².